The first-order valence-electron chi connectivity index (χ1n) is 8.64. The summed E-state index contributed by atoms with van der Waals surface area (Å²) in [6.07, 6.45) is 11.6. The molecule has 2 heteroatoms. The number of fused-ring (bicyclic) bond motifs is 1. The van der Waals surface area contributed by atoms with Crippen LogP contribution in [0.3, 0.4) is 0 Å². The zero-order chi connectivity index (χ0) is 13.7. The Bertz CT molecular complexity index is 254. The molecular weight excluding hydrogens is 232 g/mol. The van der Waals surface area contributed by atoms with E-state index in [0.717, 1.165) is 23.9 Å². The van der Waals surface area contributed by atoms with E-state index < -0.39 is 0 Å². The lowest BCUT2D eigenvalue weighted by Crippen LogP contribution is -2.42. The van der Waals surface area contributed by atoms with Crippen molar-refractivity contribution in [3.8, 4) is 0 Å². The van der Waals surface area contributed by atoms with Crippen molar-refractivity contribution < 1.29 is 0 Å². The Hall–Kier alpha value is -0.0800. The SMILES string of the molecule is CCC(C)N(C)CCNC1CCC2CCCCC2C1. The van der Waals surface area contributed by atoms with Gasteiger partial charge in [0.2, 0.25) is 0 Å². The van der Waals surface area contributed by atoms with Crippen molar-refractivity contribution in [3.63, 3.8) is 0 Å². The average molecular weight is 266 g/mol. The van der Waals surface area contributed by atoms with E-state index >= 15 is 0 Å². The van der Waals surface area contributed by atoms with Crippen LogP contribution in [0.15, 0.2) is 0 Å². The van der Waals surface area contributed by atoms with Crippen molar-refractivity contribution in [2.45, 2.75) is 77.3 Å². The van der Waals surface area contributed by atoms with E-state index in [4.69, 9.17) is 0 Å². The third kappa shape index (κ3) is 4.46. The summed E-state index contributed by atoms with van der Waals surface area (Å²) in [5, 5.41) is 3.82. The quantitative estimate of drug-likeness (QED) is 0.789. The molecule has 19 heavy (non-hydrogen) atoms. The number of rotatable bonds is 6. The van der Waals surface area contributed by atoms with Crippen LogP contribution in [0.1, 0.15) is 65.2 Å². The highest BCUT2D eigenvalue weighted by molar-refractivity contribution is 4.86. The summed E-state index contributed by atoms with van der Waals surface area (Å²) in [6.45, 7) is 6.97. The van der Waals surface area contributed by atoms with E-state index in [0.29, 0.717) is 0 Å². The molecule has 0 bridgehead atoms. The van der Waals surface area contributed by atoms with Gasteiger partial charge in [0.1, 0.15) is 0 Å². The van der Waals surface area contributed by atoms with E-state index in [2.05, 4.69) is 31.1 Å². The second-order valence-corrected chi connectivity index (χ2v) is 7.01. The molecule has 0 radical (unpaired) electrons. The van der Waals surface area contributed by atoms with Crippen LogP contribution in [-0.4, -0.2) is 37.1 Å². The maximum absolute atomic E-state index is 3.82. The fourth-order valence-corrected chi connectivity index (χ4v) is 4.04. The molecule has 4 unspecified atom stereocenters. The number of hydrogen-bond donors (Lipinski definition) is 1. The van der Waals surface area contributed by atoms with E-state index in [-0.39, 0.29) is 0 Å². The third-order valence-corrected chi connectivity index (χ3v) is 5.78. The second kappa shape index (κ2) is 7.64. The van der Waals surface area contributed by atoms with Crippen LogP contribution in [-0.2, 0) is 0 Å². The van der Waals surface area contributed by atoms with Gasteiger partial charge in [-0.15, -0.1) is 0 Å². The predicted octanol–water partition coefficient (Wildman–Crippen LogP) is 3.67. The van der Waals surface area contributed by atoms with Gasteiger partial charge in [-0.2, -0.15) is 0 Å². The lowest BCUT2D eigenvalue weighted by atomic mass is 9.69. The summed E-state index contributed by atoms with van der Waals surface area (Å²) < 4.78 is 0. The number of hydrogen-bond acceptors (Lipinski definition) is 2. The monoisotopic (exact) mass is 266 g/mol. The highest BCUT2D eigenvalue weighted by Gasteiger charge is 2.31. The van der Waals surface area contributed by atoms with Crippen LogP contribution < -0.4 is 5.32 Å². The number of nitrogens with zero attached hydrogens (tertiary/aromatic N) is 1. The van der Waals surface area contributed by atoms with Crippen molar-refractivity contribution in [2.75, 3.05) is 20.1 Å². The Balaban J connectivity index is 1.64. The van der Waals surface area contributed by atoms with Gasteiger partial charge in [0.15, 0.2) is 0 Å². The normalized spacial score (nSPS) is 33.2. The van der Waals surface area contributed by atoms with Gasteiger partial charge in [0.25, 0.3) is 0 Å². The third-order valence-electron chi connectivity index (χ3n) is 5.78. The Labute approximate surface area is 120 Å². The van der Waals surface area contributed by atoms with Crippen molar-refractivity contribution in [3.05, 3.63) is 0 Å². The van der Waals surface area contributed by atoms with Crippen molar-refractivity contribution in [2.24, 2.45) is 11.8 Å². The molecule has 0 aliphatic heterocycles. The van der Waals surface area contributed by atoms with E-state index in [1.54, 1.807) is 0 Å². The Morgan fingerprint density at radius 1 is 1.11 bits per heavy atom. The highest BCUT2D eigenvalue weighted by Crippen LogP contribution is 2.40. The molecule has 2 fully saturated rings. The van der Waals surface area contributed by atoms with Crippen molar-refractivity contribution in [1.82, 2.24) is 10.2 Å². The van der Waals surface area contributed by atoms with Gasteiger partial charge in [0.05, 0.1) is 0 Å². The summed E-state index contributed by atoms with van der Waals surface area (Å²) in [5.74, 6) is 2.13. The molecule has 0 saturated heterocycles. The van der Waals surface area contributed by atoms with E-state index in [1.807, 2.05) is 0 Å². The molecular formula is C17H34N2. The maximum atomic E-state index is 3.82. The second-order valence-electron chi connectivity index (χ2n) is 7.01. The molecule has 112 valence electrons. The molecule has 2 saturated carbocycles. The zero-order valence-electron chi connectivity index (χ0n) is 13.3. The minimum absolute atomic E-state index is 0.718. The molecule has 0 heterocycles. The minimum Gasteiger partial charge on any atom is -0.313 e. The van der Waals surface area contributed by atoms with Crippen LogP contribution in [0.2, 0.25) is 0 Å². The molecule has 2 nitrogen and oxygen atoms in total. The van der Waals surface area contributed by atoms with Crippen LogP contribution >= 0.6 is 0 Å². The summed E-state index contributed by atoms with van der Waals surface area (Å²) in [5.41, 5.74) is 0. The number of likely N-dealkylation sites (N-methyl/N-ethyl adjacent to an activating group) is 1. The zero-order valence-corrected chi connectivity index (χ0v) is 13.3. The Morgan fingerprint density at radius 2 is 1.84 bits per heavy atom. The average Bonchev–Trinajstić information content (AvgIpc) is 2.46. The van der Waals surface area contributed by atoms with Gasteiger partial charge >= 0.3 is 0 Å². The molecule has 4 atom stereocenters. The summed E-state index contributed by atoms with van der Waals surface area (Å²) >= 11 is 0. The first-order valence-corrected chi connectivity index (χ1v) is 8.64. The van der Waals surface area contributed by atoms with E-state index in [1.165, 1.54) is 64.5 Å². The molecule has 0 spiro atoms. The fraction of sp³-hybridized carbons (Fsp3) is 1.00. The van der Waals surface area contributed by atoms with Gasteiger partial charge in [-0.25, -0.2) is 0 Å². The largest absolute Gasteiger partial charge is 0.313 e. The van der Waals surface area contributed by atoms with Gasteiger partial charge in [0, 0.05) is 25.2 Å². The van der Waals surface area contributed by atoms with Crippen LogP contribution in [0, 0.1) is 11.8 Å². The molecule has 0 aromatic carbocycles. The van der Waals surface area contributed by atoms with Gasteiger partial charge in [-0.1, -0.05) is 32.6 Å². The minimum atomic E-state index is 0.718. The van der Waals surface area contributed by atoms with Crippen molar-refractivity contribution in [1.29, 1.82) is 0 Å². The summed E-state index contributed by atoms with van der Waals surface area (Å²) in [4.78, 5) is 2.49. The topological polar surface area (TPSA) is 15.3 Å². The molecule has 0 aromatic heterocycles. The predicted molar refractivity (Wildman–Crippen MR) is 83.5 cm³/mol. The first kappa shape index (κ1) is 15.3. The maximum Gasteiger partial charge on any atom is 0.0107 e. The van der Waals surface area contributed by atoms with Crippen molar-refractivity contribution >= 4 is 0 Å². The van der Waals surface area contributed by atoms with Gasteiger partial charge in [-0.3, -0.25) is 0 Å². The molecule has 0 amide bonds. The Morgan fingerprint density at radius 3 is 2.58 bits per heavy atom. The standard InChI is InChI=1S/C17H34N2/c1-4-14(2)19(3)12-11-18-17-10-9-15-7-5-6-8-16(15)13-17/h14-18H,4-13H2,1-3H3. The lowest BCUT2D eigenvalue weighted by molar-refractivity contribution is 0.141. The molecule has 1 N–H and O–H groups in total. The number of nitrogens with one attached hydrogen (secondary N) is 1. The molecule has 0 aromatic rings. The summed E-state index contributed by atoms with van der Waals surface area (Å²) in [6, 6.07) is 1.53. The molecule has 2 rings (SSSR count). The van der Waals surface area contributed by atoms with Gasteiger partial charge < -0.3 is 10.2 Å². The van der Waals surface area contributed by atoms with Crippen LogP contribution in [0.25, 0.3) is 0 Å². The highest BCUT2D eigenvalue weighted by atomic mass is 15.1. The smallest absolute Gasteiger partial charge is 0.0107 e. The van der Waals surface area contributed by atoms with Crippen LogP contribution in [0.4, 0.5) is 0 Å². The fourth-order valence-electron chi connectivity index (χ4n) is 4.04. The van der Waals surface area contributed by atoms with Crippen LogP contribution in [0.5, 0.6) is 0 Å². The molecule has 2 aliphatic rings. The first-order chi connectivity index (χ1) is 9.20. The molecule has 2 aliphatic carbocycles. The van der Waals surface area contributed by atoms with Gasteiger partial charge in [-0.05, 0) is 51.5 Å². The van der Waals surface area contributed by atoms with E-state index in [9.17, 15) is 0 Å². The lowest BCUT2D eigenvalue weighted by Gasteiger charge is -2.39. The Kier molecular flexibility index (Phi) is 6.15. The summed E-state index contributed by atoms with van der Waals surface area (Å²) in [7, 11) is 2.26.